The molecule has 0 amide bonds. The molecule has 27 heavy (non-hydrogen) atoms. The molecular formula is C21H24N6. The van der Waals surface area contributed by atoms with Crippen molar-refractivity contribution in [3.63, 3.8) is 0 Å². The smallest absolute Gasteiger partial charge is 0.132 e. The van der Waals surface area contributed by atoms with Gasteiger partial charge in [0.05, 0.1) is 5.69 Å². The third kappa shape index (κ3) is 3.84. The van der Waals surface area contributed by atoms with E-state index in [-0.39, 0.29) is 0 Å². The molecule has 3 aromatic rings. The Balaban J connectivity index is 1.50. The molecule has 0 spiro atoms. The van der Waals surface area contributed by atoms with Crippen molar-refractivity contribution in [3.05, 3.63) is 61.1 Å². The van der Waals surface area contributed by atoms with Crippen LogP contribution in [0.5, 0.6) is 0 Å². The third-order valence-corrected chi connectivity index (χ3v) is 4.89. The Morgan fingerprint density at radius 3 is 2.26 bits per heavy atom. The first-order valence-electron chi connectivity index (χ1n) is 9.21. The zero-order chi connectivity index (χ0) is 18.6. The second-order valence-electron chi connectivity index (χ2n) is 6.87. The highest BCUT2D eigenvalue weighted by Gasteiger charge is 2.19. The molecule has 0 bridgehead atoms. The third-order valence-electron chi connectivity index (χ3n) is 4.89. The number of nitrogens with zero attached hydrogens (tertiary/aromatic N) is 6. The number of piperazine rings is 1. The van der Waals surface area contributed by atoms with E-state index in [0.29, 0.717) is 0 Å². The highest BCUT2D eigenvalue weighted by molar-refractivity contribution is 5.67. The number of benzene rings is 1. The molecule has 138 valence electrons. The largest absolute Gasteiger partial charge is 0.378 e. The summed E-state index contributed by atoms with van der Waals surface area (Å²) in [6.45, 7) is 3.72. The minimum absolute atomic E-state index is 0.921. The predicted octanol–water partition coefficient (Wildman–Crippen LogP) is 2.93. The fourth-order valence-electron chi connectivity index (χ4n) is 3.33. The molecule has 4 rings (SSSR count). The van der Waals surface area contributed by atoms with Crippen LogP contribution in [-0.4, -0.2) is 55.2 Å². The van der Waals surface area contributed by atoms with Crippen molar-refractivity contribution in [2.45, 2.75) is 0 Å². The monoisotopic (exact) mass is 360 g/mol. The molecule has 3 heterocycles. The first kappa shape index (κ1) is 17.3. The zero-order valence-electron chi connectivity index (χ0n) is 15.8. The molecule has 2 aromatic heterocycles. The van der Waals surface area contributed by atoms with E-state index in [9.17, 15) is 0 Å². The summed E-state index contributed by atoms with van der Waals surface area (Å²) in [6, 6.07) is 16.6. The van der Waals surface area contributed by atoms with Gasteiger partial charge in [-0.25, -0.2) is 15.0 Å². The van der Waals surface area contributed by atoms with Crippen molar-refractivity contribution in [2.24, 2.45) is 0 Å². The van der Waals surface area contributed by atoms with E-state index in [2.05, 4.69) is 66.0 Å². The molecule has 1 fully saturated rings. The van der Waals surface area contributed by atoms with Crippen LogP contribution in [0, 0.1) is 0 Å². The Morgan fingerprint density at radius 1 is 0.778 bits per heavy atom. The molecule has 0 aliphatic carbocycles. The minimum Gasteiger partial charge on any atom is -0.378 e. The molecule has 1 saturated heterocycles. The Bertz CT molecular complexity index is 888. The van der Waals surface area contributed by atoms with Crippen LogP contribution in [0.3, 0.4) is 0 Å². The Hall–Kier alpha value is -3.15. The normalized spacial score (nSPS) is 14.3. The summed E-state index contributed by atoms with van der Waals surface area (Å²) in [6.07, 6.45) is 3.51. The van der Waals surface area contributed by atoms with Crippen LogP contribution in [-0.2, 0) is 0 Å². The fraction of sp³-hybridized carbons (Fsp3) is 0.286. The summed E-state index contributed by atoms with van der Waals surface area (Å²) in [5, 5.41) is 0. The lowest BCUT2D eigenvalue weighted by atomic mass is 10.1. The summed E-state index contributed by atoms with van der Waals surface area (Å²) in [5.74, 6) is 2.02. The number of pyridine rings is 1. The number of anilines is 3. The molecular weight excluding hydrogens is 336 g/mol. The van der Waals surface area contributed by atoms with E-state index < -0.39 is 0 Å². The maximum atomic E-state index is 4.51. The van der Waals surface area contributed by atoms with E-state index >= 15 is 0 Å². The van der Waals surface area contributed by atoms with Gasteiger partial charge in [0, 0.05) is 63.8 Å². The van der Waals surface area contributed by atoms with E-state index in [1.54, 1.807) is 6.33 Å². The highest BCUT2D eigenvalue weighted by atomic mass is 15.3. The lowest BCUT2D eigenvalue weighted by molar-refractivity contribution is 0.641. The summed E-state index contributed by atoms with van der Waals surface area (Å²) in [7, 11) is 4.09. The van der Waals surface area contributed by atoms with Gasteiger partial charge in [0.15, 0.2) is 0 Å². The molecule has 0 radical (unpaired) electrons. The lowest BCUT2D eigenvalue weighted by Gasteiger charge is -2.36. The number of hydrogen-bond acceptors (Lipinski definition) is 6. The second kappa shape index (κ2) is 7.61. The number of aromatic nitrogens is 3. The van der Waals surface area contributed by atoms with Gasteiger partial charge in [-0.3, -0.25) is 0 Å². The molecule has 6 nitrogen and oxygen atoms in total. The first-order valence-corrected chi connectivity index (χ1v) is 9.21. The van der Waals surface area contributed by atoms with Gasteiger partial charge in [-0.05, 0) is 24.3 Å². The molecule has 0 saturated carbocycles. The molecule has 6 heteroatoms. The molecule has 1 aromatic carbocycles. The van der Waals surface area contributed by atoms with E-state index in [0.717, 1.165) is 54.8 Å². The summed E-state index contributed by atoms with van der Waals surface area (Å²) < 4.78 is 0. The Kier molecular flexibility index (Phi) is 4.87. The molecule has 0 unspecified atom stereocenters. The van der Waals surface area contributed by atoms with E-state index in [1.807, 2.05) is 32.4 Å². The second-order valence-corrected chi connectivity index (χ2v) is 6.87. The van der Waals surface area contributed by atoms with Crippen LogP contribution in [0.1, 0.15) is 0 Å². The molecule has 1 aliphatic rings. The average molecular weight is 360 g/mol. The fourth-order valence-corrected chi connectivity index (χ4v) is 3.33. The standard InChI is InChI=1S/C21H24N6/c1-25(2)18-7-5-6-17(14-18)19-15-21(24-16-23-19)27-12-10-26(11-13-27)20-8-3-4-9-22-20/h3-9,14-16H,10-13H2,1-2H3. The maximum Gasteiger partial charge on any atom is 0.132 e. The highest BCUT2D eigenvalue weighted by Crippen LogP contribution is 2.25. The average Bonchev–Trinajstić information content (AvgIpc) is 2.75. The number of hydrogen-bond donors (Lipinski definition) is 0. The van der Waals surface area contributed by atoms with Crippen LogP contribution >= 0.6 is 0 Å². The first-order chi connectivity index (χ1) is 13.2. The molecule has 1 aliphatic heterocycles. The van der Waals surface area contributed by atoms with Gasteiger partial charge in [-0.2, -0.15) is 0 Å². The van der Waals surface area contributed by atoms with E-state index in [4.69, 9.17) is 0 Å². The predicted molar refractivity (Wildman–Crippen MR) is 110 cm³/mol. The van der Waals surface area contributed by atoms with Crippen molar-refractivity contribution in [1.29, 1.82) is 0 Å². The zero-order valence-corrected chi connectivity index (χ0v) is 15.8. The van der Waals surface area contributed by atoms with Gasteiger partial charge < -0.3 is 14.7 Å². The van der Waals surface area contributed by atoms with Gasteiger partial charge in [-0.1, -0.05) is 18.2 Å². The van der Waals surface area contributed by atoms with Crippen molar-refractivity contribution >= 4 is 17.3 Å². The summed E-state index contributed by atoms with van der Waals surface area (Å²) in [5.41, 5.74) is 3.23. The van der Waals surface area contributed by atoms with Crippen LogP contribution < -0.4 is 14.7 Å². The van der Waals surface area contributed by atoms with Crippen molar-refractivity contribution < 1.29 is 0 Å². The summed E-state index contributed by atoms with van der Waals surface area (Å²) in [4.78, 5) is 20.2. The van der Waals surface area contributed by atoms with Gasteiger partial charge in [0.1, 0.15) is 18.0 Å². The lowest BCUT2D eigenvalue weighted by Crippen LogP contribution is -2.47. The Labute approximate surface area is 160 Å². The van der Waals surface area contributed by atoms with Crippen LogP contribution in [0.2, 0.25) is 0 Å². The quantitative estimate of drug-likeness (QED) is 0.713. The minimum atomic E-state index is 0.921. The topological polar surface area (TPSA) is 48.4 Å². The van der Waals surface area contributed by atoms with Gasteiger partial charge in [0.2, 0.25) is 0 Å². The van der Waals surface area contributed by atoms with Gasteiger partial charge in [-0.15, -0.1) is 0 Å². The van der Waals surface area contributed by atoms with Gasteiger partial charge in [0.25, 0.3) is 0 Å². The van der Waals surface area contributed by atoms with Crippen LogP contribution in [0.4, 0.5) is 17.3 Å². The van der Waals surface area contributed by atoms with E-state index in [1.165, 1.54) is 0 Å². The molecule has 0 atom stereocenters. The SMILES string of the molecule is CN(C)c1cccc(-c2cc(N3CCN(c4ccccn4)CC3)ncn2)c1. The maximum absolute atomic E-state index is 4.51. The van der Waals surface area contributed by atoms with Crippen molar-refractivity contribution in [3.8, 4) is 11.3 Å². The summed E-state index contributed by atoms with van der Waals surface area (Å²) >= 11 is 0. The van der Waals surface area contributed by atoms with Crippen molar-refractivity contribution in [1.82, 2.24) is 15.0 Å². The number of rotatable bonds is 4. The Morgan fingerprint density at radius 2 is 1.56 bits per heavy atom. The van der Waals surface area contributed by atoms with Gasteiger partial charge >= 0.3 is 0 Å². The van der Waals surface area contributed by atoms with Crippen molar-refractivity contribution in [2.75, 3.05) is 55.0 Å². The van der Waals surface area contributed by atoms with Crippen LogP contribution in [0.15, 0.2) is 61.1 Å². The molecule has 0 N–H and O–H groups in total. The van der Waals surface area contributed by atoms with Crippen LogP contribution in [0.25, 0.3) is 11.3 Å².